The molecule has 6 heteroatoms. The summed E-state index contributed by atoms with van der Waals surface area (Å²) in [6, 6.07) is 6.11. The van der Waals surface area contributed by atoms with Gasteiger partial charge in [0.2, 0.25) is 5.91 Å². The van der Waals surface area contributed by atoms with Gasteiger partial charge in [-0.3, -0.25) is 4.79 Å². The molecule has 0 fully saturated rings. The third-order valence-corrected chi connectivity index (χ3v) is 4.24. The summed E-state index contributed by atoms with van der Waals surface area (Å²) in [5, 5.41) is 16.8. The number of nitrogens with one attached hydrogen (secondary N) is 1. The van der Waals surface area contributed by atoms with Gasteiger partial charge in [0.05, 0.1) is 23.9 Å². The smallest absolute Gasteiger partial charge is 0.224 e. The maximum absolute atomic E-state index is 13.1. The van der Waals surface area contributed by atoms with Crippen LogP contribution in [-0.2, 0) is 11.2 Å². The number of hydrogen-bond acceptors (Lipinski definition) is 3. The van der Waals surface area contributed by atoms with Crippen LogP contribution in [-0.4, -0.2) is 33.4 Å². The Morgan fingerprint density at radius 3 is 2.52 bits per heavy atom. The van der Waals surface area contributed by atoms with E-state index in [4.69, 9.17) is 0 Å². The lowest BCUT2D eigenvalue weighted by Gasteiger charge is -2.14. The lowest BCUT2D eigenvalue weighted by atomic mass is 10.0. The second-order valence-electron chi connectivity index (χ2n) is 6.71. The van der Waals surface area contributed by atoms with Crippen LogP contribution in [0.2, 0.25) is 0 Å². The van der Waals surface area contributed by atoms with E-state index in [1.54, 1.807) is 23.7 Å². The van der Waals surface area contributed by atoms with E-state index >= 15 is 0 Å². The van der Waals surface area contributed by atoms with Crippen molar-refractivity contribution in [3.05, 3.63) is 47.0 Å². The molecule has 1 aromatic carbocycles. The predicted molar refractivity (Wildman–Crippen MR) is 95.2 cm³/mol. The van der Waals surface area contributed by atoms with E-state index < -0.39 is 0 Å². The van der Waals surface area contributed by atoms with Gasteiger partial charge in [0.15, 0.2) is 0 Å². The van der Waals surface area contributed by atoms with Gasteiger partial charge >= 0.3 is 0 Å². The van der Waals surface area contributed by atoms with Gasteiger partial charge in [-0.15, -0.1) is 0 Å². The molecule has 2 rings (SSSR count). The Bertz CT molecular complexity index is 723. The summed E-state index contributed by atoms with van der Waals surface area (Å²) in [6.07, 6.45) is 0.534. The number of halogens is 1. The first-order chi connectivity index (χ1) is 11.8. The summed E-state index contributed by atoms with van der Waals surface area (Å²) in [5.41, 5.74) is 3.30. The van der Waals surface area contributed by atoms with Crippen LogP contribution in [0.1, 0.15) is 37.2 Å². The number of hydrogen-bond donors (Lipinski definition) is 2. The minimum absolute atomic E-state index is 0.0673. The first-order valence-corrected chi connectivity index (χ1v) is 8.53. The minimum atomic E-state index is -0.370. The highest BCUT2D eigenvalue weighted by Gasteiger charge is 2.16. The molecule has 25 heavy (non-hydrogen) atoms. The van der Waals surface area contributed by atoms with Crippen LogP contribution in [0.5, 0.6) is 0 Å². The van der Waals surface area contributed by atoms with Crippen molar-refractivity contribution in [3.63, 3.8) is 0 Å². The Kier molecular flexibility index (Phi) is 6.31. The number of amides is 1. The van der Waals surface area contributed by atoms with Gasteiger partial charge in [-0.05, 0) is 57.4 Å². The number of nitrogens with zero attached hydrogens (tertiary/aromatic N) is 2. The van der Waals surface area contributed by atoms with Crippen molar-refractivity contribution >= 4 is 5.91 Å². The molecule has 5 nitrogen and oxygen atoms in total. The fourth-order valence-corrected chi connectivity index (χ4v) is 2.94. The molecule has 2 unspecified atom stereocenters. The second kappa shape index (κ2) is 8.25. The van der Waals surface area contributed by atoms with Crippen molar-refractivity contribution in [3.8, 4) is 5.69 Å². The van der Waals surface area contributed by atoms with E-state index in [-0.39, 0.29) is 30.2 Å². The normalized spacial score (nSPS) is 13.5. The first-order valence-electron chi connectivity index (χ1n) is 8.53. The van der Waals surface area contributed by atoms with E-state index in [1.807, 2.05) is 20.8 Å². The molecule has 0 spiro atoms. The Hall–Kier alpha value is -2.21. The summed E-state index contributed by atoms with van der Waals surface area (Å²) in [4.78, 5) is 12.2. The third-order valence-electron chi connectivity index (χ3n) is 4.24. The highest BCUT2D eigenvalue weighted by molar-refractivity contribution is 5.79. The number of aromatic nitrogens is 2. The van der Waals surface area contributed by atoms with Crippen LogP contribution in [0.25, 0.3) is 5.69 Å². The molecule has 0 radical (unpaired) electrons. The maximum atomic E-state index is 13.1. The molecule has 136 valence electrons. The molecule has 2 atom stereocenters. The lowest BCUT2D eigenvalue weighted by molar-refractivity contribution is -0.120. The fraction of sp³-hybridized carbons (Fsp3) is 0.474. The SMILES string of the molecule is Cc1nn(-c2ccc(F)cc2)c(C)c1CC(=O)NCC(C)CC(C)O. The minimum Gasteiger partial charge on any atom is -0.393 e. The highest BCUT2D eigenvalue weighted by Crippen LogP contribution is 2.19. The topological polar surface area (TPSA) is 67.2 Å². The zero-order valence-corrected chi connectivity index (χ0v) is 15.2. The van der Waals surface area contributed by atoms with Gasteiger partial charge in [-0.1, -0.05) is 6.92 Å². The predicted octanol–water partition coefficient (Wildman–Crippen LogP) is 2.69. The molecular weight excluding hydrogens is 321 g/mol. The molecule has 1 amide bonds. The quantitative estimate of drug-likeness (QED) is 0.809. The Labute approximate surface area is 147 Å². The number of carbonyl (C=O) groups is 1. The number of rotatable bonds is 7. The lowest BCUT2D eigenvalue weighted by Crippen LogP contribution is -2.30. The molecule has 1 heterocycles. The van der Waals surface area contributed by atoms with Crippen molar-refractivity contribution < 1.29 is 14.3 Å². The summed E-state index contributed by atoms with van der Waals surface area (Å²) < 4.78 is 14.8. The van der Waals surface area contributed by atoms with Crippen molar-refractivity contribution in [2.75, 3.05) is 6.54 Å². The van der Waals surface area contributed by atoms with Crippen LogP contribution in [0.4, 0.5) is 4.39 Å². The van der Waals surface area contributed by atoms with Gasteiger partial charge < -0.3 is 10.4 Å². The van der Waals surface area contributed by atoms with Crippen LogP contribution < -0.4 is 5.32 Å². The van der Waals surface area contributed by atoms with E-state index in [1.165, 1.54) is 12.1 Å². The molecule has 0 aliphatic heterocycles. The number of aliphatic hydroxyl groups is 1. The van der Waals surface area contributed by atoms with Gasteiger partial charge in [0, 0.05) is 17.8 Å². The molecule has 0 saturated carbocycles. The maximum Gasteiger partial charge on any atom is 0.224 e. The summed E-state index contributed by atoms with van der Waals surface area (Å²) in [7, 11) is 0. The van der Waals surface area contributed by atoms with E-state index in [0.29, 0.717) is 13.0 Å². The molecule has 2 N–H and O–H groups in total. The van der Waals surface area contributed by atoms with E-state index in [9.17, 15) is 14.3 Å². The first kappa shape index (κ1) is 19.1. The summed E-state index contributed by atoms with van der Waals surface area (Å²) in [6.45, 7) is 8.05. The number of aliphatic hydroxyl groups excluding tert-OH is 1. The highest BCUT2D eigenvalue weighted by atomic mass is 19.1. The zero-order chi connectivity index (χ0) is 18.6. The molecular formula is C19H26FN3O2. The van der Waals surface area contributed by atoms with Crippen molar-refractivity contribution in [2.45, 2.75) is 46.6 Å². The van der Waals surface area contributed by atoms with Gasteiger partial charge in [0.25, 0.3) is 0 Å². The summed E-state index contributed by atoms with van der Waals surface area (Å²) in [5.74, 6) is -0.147. The molecule has 0 bridgehead atoms. The number of benzene rings is 1. The molecule has 1 aromatic heterocycles. The summed E-state index contributed by atoms with van der Waals surface area (Å²) >= 11 is 0. The van der Waals surface area contributed by atoms with Crippen LogP contribution >= 0.6 is 0 Å². The van der Waals surface area contributed by atoms with Gasteiger partial charge in [0.1, 0.15) is 5.82 Å². The van der Waals surface area contributed by atoms with Crippen molar-refractivity contribution in [1.29, 1.82) is 0 Å². The van der Waals surface area contributed by atoms with Gasteiger partial charge in [-0.25, -0.2) is 9.07 Å². The third kappa shape index (κ3) is 5.13. The Balaban J connectivity index is 2.05. The average molecular weight is 347 g/mol. The molecule has 0 aliphatic carbocycles. The van der Waals surface area contributed by atoms with Gasteiger partial charge in [-0.2, -0.15) is 5.10 Å². The second-order valence-corrected chi connectivity index (χ2v) is 6.71. The van der Waals surface area contributed by atoms with Crippen LogP contribution in [0.3, 0.4) is 0 Å². The largest absolute Gasteiger partial charge is 0.393 e. The number of aryl methyl sites for hydroxylation is 1. The standard InChI is InChI=1S/C19H26FN3O2/c1-12(9-13(2)24)11-21-19(25)10-18-14(3)22-23(15(18)4)17-7-5-16(20)6-8-17/h5-8,12-13,24H,9-11H2,1-4H3,(H,21,25). The Morgan fingerprint density at radius 1 is 1.28 bits per heavy atom. The van der Waals surface area contributed by atoms with Crippen molar-refractivity contribution in [1.82, 2.24) is 15.1 Å². The monoisotopic (exact) mass is 347 g/mol. The van der Waals surface area contributed by atoms with E-state index in [0.717, 1.165) is 22.6 Å². The number of carbonyl (C=O) groups excluding carboxylic acids is 1. The van der Waals surface area contributed by atoms with Crippen molar-refractivity contribution in [2.24, 2.45) is 5.92 Å². The molecule has 0 saturated heterocycles. The Morgan fingerprint density at radius 2 is 1.92 bits per heavy atom. The average Bonchev–Trinajstić information content (AvgIpc) is 2.81. The molecule has 2 aromatic rings. The van der Waals surface area contributed by atoms with E-state index in [2.05, 4.69) is 10.4 Å². The van der Waals surface area contributed by atoms with Crippen LogP contribution in [0.15, 0.2) is 24.3 Å². The fourth-order valence-electron chi connectivity index (χ4n) is 2.94. The zero-order valence-electron chi connectivity index (χ0n) is 15.2. The van der Waals surface area contributed by atoms with Crippen LogP contribution in [0, 0.1) is 25.6 Å². The molecule has 0 aliphatic rings.